The van der Waals surface area contributed by atoms with Crippen molar-refractivity contribution >= 4 is 0 Å². The molecule has 0 aliphatic heterocycles. The van der Waals surface area contributed by atoms with E-state index in [-0.39, 0.29) is 11.8 Å². The van der Waals surface area contributed by atoms with Gasteiger partial charge < -0.3 is 15.4 Å². The van der Waals surface area contributed by atoms with Crippen LogP contribution in [0.2, 0.25) is 0 Å². The van der Waals surface area contributed by atoms with Crippen LogP contribution in [0.25, 0.3) is 0 Å². The topological polar surface area (TPSA) is 38.5 Å². The predicted molar refractivity (Wildman–Crippen MR) is 67.8 cm³/mol. The Balaban J connectivity index is 2.80. The molecule has 3 nitrogen and oxygen atoms in total. The SMILES string of the molecule is CCN(CC)CC(N)c1ccccc1OC(F)F. The van der Waals surface area contributed by atoms with Crippen molar-refractivity contribution in [3.05, 3.63) is 29.8 Å². The lowest BCUT2D eigenvalue weighted by molar-refractivity contribution is -0.0506. The van der Waals surface area contributed by atoms with E-state index in [1.807, 2.05) is 13.8 Å². The molecule has 0 aliphatic rings. The lowest BCUT2D eigenvalue weighted by Gasteiger charge is -2.24. The molecule has 0 aliphatic carbocycles. The standard InChI is InChI=1S/C13H20F2N2O/c1-3-17(4-2)9-11(16)10-7-5-6-8-12(10)18-13(14)15/h5-8,11,13H,3-4,9,16H2,1-2H3. The summed E-state index contributed by atoms with van der Waals surface area (Å²) < 4.78 is 29.1. The number of nitrogens with two attached hydrogens (primary N) is 1. The number of para-hydroxylation sites is 1. The summed E-state index contributed by atoms with van der Waals surface area (Å²) in [5.41, 5.74) is 6.67. The van der Waals surface area contributed by atoms with Gasteiger partial charge in [0.25, 0.3) is 0 Å². The number of ether oxygens (including phenoxy) is 1. The molecule has 1 aromatic rings. The van der Waals surface area contributed by atoms with Gasteiger partial charge in [0.2, 0.25) is 0 Å². The normalized spacial score (nSPS) is 13.1. The molecule has 0 bridgehead atoms. The minimum atomic E-state index is -2.83. The highest BCUT2D eigenvalue weighted by Gasteiger charge is 2.16. The smallest absolute Gasteiger partial charge is 0.387 e. The maximum atomic E-state index is 12.3. The van der Waals surface area contributed by atoms with Gasteiger partial charge in [-0.2, -0.15) is 8.78 Å². The van der Waals surface area contributed by atoms with Gasteiger partial charge in [0.1, 0.15) is 5.75 Å². The molecule has 0 saturated heterocycles. The molecule has 0 aromatic heterocycles. The van der Waals surface area contributed by atoms with Gasteiger partial charge in [-0.05, 0) is 19.2 Å². The molecule has 1 aromatic carbocycles. The van der Waals surface area contributed by atoms with Crippen LogP contribution < -0.4 is 10.5 Å². The number of hydrogen-bond donors (Lipinski definition) is 1. The Bertz CT molecular complexity index is 357. The van der Waals surface area contributed by atoms with Gasteiger partial charge in [-0.15, -0.1) is 0 Å². The summed E-state index contributed by atoms with van der Waals surface area (Å²) in [4.78, 5) is 2.14. The van der Waals surface area contributed by atoms with Crippen LogP contribution in [-0.4, -0.2) is 31.1 Å². The van der Waals surface area contributed by atoms with Crippen LogP contribution in [-0.2, 0) is 0 Å². The third kappa shape index (κ3) is 4.23. The van der Waals surface area contributed by atoms with Crippen molar-refractivity contribution in [3.8, 4) is 5.75 Å². The fraction of sp³-hybridized carbons (Fsp3) is 0.538. The molecule has 0 fully saturated rings. The zero-order valence-electron chi connectivity index (χ0n) is 10.8. The number of likely N-dealkylation sites (N-methyl/N-ethyl adjacent to an activating group) is 1. The molecule has 1 unspecified atom stereocenters. The number of alkyl halides is 2. The first-order valence-electron chi connectivity index (χ1n) is 6.10. The van der Waals surface area contributed by atoms with E-state index in [0.29, 0.717) is 12.1 Å². The first-order chi connectivity index (χ1) is 8.58. The van der Waals surface area contributed by atoms with Crippen molar-refractivity contribution in [2.75, 3.05) is 19.6 Å². The van der Waals surface area contributed by atoms with Crippen LogP contribution in [0.3, 0.4) is 0 Å². The summed E-state index contributed by atoms with van der Waals surface area (Å²) in [5.74, 6) is 0.159. The Morgan fingerprint density at radius 1 is 1.22 bits per heavy atom. The van der Waals surface area contributed by atoms with Crippen molar-refractivity contribution in [1.82, 2.24) is 4.90 Å². The van der Waals surface area contributed by atoms with E-state index in [4.69, 9.17) is 5.73 Å². The summed E-state index contributed by atoms with van der Waals surface area (Å²) in [7, 11) is 0. The van der Waals surface area contributed by atoms with Gasteiger partial charge in [0.15, 0.2) is 0 Å². The van der Waals surface area contributed by atoms with Crippen LogP contribution in [0.15, 0.2) is 24.3 Å². The zero-order chi connectivity index (χ0) is 13.5. The maximum absolute atomic E-state index is 12.3. The summed E-state index contributed by atoms with van der Waals surface area (Å²) >= 11 is 0. The van der Waals surface area contributed by atoms with Gasteiger partial charge in [0.05, 0.1) is 0 Å². The Kier molecular flexibility index (Phi) is 6.01. The van der Waals surface area contributed by atoms with Gasteiger partial charge in [-0.3, -0.25) is 0 Å². The van der Waals surface area contributed by atoms with E-state index in [0.717, 1.165) is 13.1 Å². The van der Waals surface area contributed by atoms with Gasteiger partial charge in [0, 0.05) is 18.2 Å². The third-order valence-electron chi connectivity index (χ3n) is 2.88. The molecule has 0 amide bonds. The van der Waals surface area contributed by atoms with Crippen molar-refractivity contribution in [1.29, 1.82) is 0 Å². The van der Waals surface area contributed by atoms with E-state index in [1.54, 1.807) is 18.2 Å². The molecular formula is C13H20F2N2O. The Labute approximate surface area is 107 Å². The number of nitrogens with zero attached hydrogens (tertiary/aromatic N) is 1. The second-order valence-corrected chi connectivity index (χ2v) is 4.01. The van der Waals surface area contributed by atoms with Crippen molar-refractivity contribution < 1.29 is 13.5 Å². The monoisotopic (exact) mass is 258 g/mol. The molecule has 0 heterocycles. The predicted octanol–water partition coefficient (Wildman–Crippen LogP) is 2.63. The molecule has 0 saturated carbocycles. The lowest BCUT2D eigenvalue weighted by Crippen LogP contribution is -2.32. The Morgan fingerprint density at radius 2 is 1.83 bits per heavy atom. The highest BCUT2D eigenvalue weighted by Crippen LogP contribution is 2.25. The van der Waals surface area contributed by atoms with Crippen LogP contribution in [0.4, 0.5) is 8.78 Å². The van der Waals surface area contributed by atoms with Crippen molar-refractivity contribution in [2.24, 2.45) is 5.73 Å². The van der Waals surface area contributed by atoms with Crippen LogP contribution in [0.5, 0.6) is 5.75 Å². The van der Waals surface area contributed by atoms with Gasteiger partial charge in [-0.25, -0.2) is 0 Å². The fourth-order valence-electron chi connectivity index (χ4n) is 1.85. The Hall–Kier alpha value is -1.20. The quantitative estimate of drug-likeness (QED) is 0.817. The minimum absolute atomic E-state index is 0.159. The highest BCUT2D eigenvalue weighted by molar-refractivity contribution is 5.36. The summed E-state index contributed by atoms with van der Waals surface area (Å²) in [5, 5.41) is 0. The lowest BCUT2D eigenvalue weighted by atomic mass is 10.1. The minimum Gasteiger partial charge on any atom is -0.434 e. The summed E-state index contributed by atoms with van der Waals surface area (Å²) in [6.45, 7) is 3.63. The first-order valence-corrected chi connectivity index (χ1v) is 6.10. The van der Waals surface area contributed by atoms with Gasteiger partial charge in [-0.1, -0.05) is 32.0 Å². The van der Waals surface area contributed by atoms with Crippen molar-refractivity contribution in [2.45, 2.75) is 26.5 Å². The van der Waals surface area contributed by atoms with Crippen molar-refractivity contribution in [3.63, 3.8) is 0 Å². The average Bonchev–Trinajstić information content (AvgIpc) is 2.35. The number of halogens is 2. The molecule has 18 heavy (non-hydrogen) atoms. The second kappa shape index (κ2) is 7.28. The number of rotatable bonds is 7. The molecule has 102 valence electrons. The largest absolute Gasteiger partial charge is 0.434 e. The number of benzene rings is 1. The molecule has 1 rings (SSSR count). The van der Waals surface area contributed by atoms with E-state index in [9.17, 15) is 8.78 Å². The zero-order valence-corrected chi connectivity index (χ0v) is 10.8. The highest BCUT2D eigenvalue weighted by atomic mass is 19.3. The second-order valence-electron chi connectivity index (χ2n) is 4.01. The van der Waals surface area contributed by atoms with Gasteiger partial charge >= 0.3 is 6.61 Å². The van der Waals surface area contributed by atoms with E-state index >= 15 is 0 Å². The van der Waals surface area contributed by atoms with E-state index in [2.05, 4.69) is 9.64 Å². The molecule has 5 heteroatoms. The first kappa shape index (κ1) is 14.9. The summed E-state index contributed by atoms with van der Waals surface area (Å²) in [6, 6.07) is 6.34. The number of hydrogen-bond acceptors (Lipinski definition) is 3. The van der Waals surface area contributed by atoms with Crippen LogP contribution in [0, 0.1) is 0 Å². The fourth-order valence-corrected chi connectivity index (χ4v) is 1.85. The molecule has 0 spiro atoms. The third-order valence-corrected chi connectivity index (χ3v) is 2.88. The Morgan fingerprint density at radius 3 is 2.39 bits per heavy atom. The average molecular weight is 258 g/mol. The maximum Gasteiger partial charge on any atom is 0.387 e. The van der Waals surface area contributed by atoms with E-state index in [1.165, 1.54) is 6.07 Å². The van der Waals surface area contributed by atoms with Crippen LogP contribution in [0.1, 0.15) is 25.5 Å². The molecular weight excluding hydrogens is 238 g/mol. The van der Waals surface area contributed by atoms with Crippen LogP contribution >= 0.6 is 0 Å². The summed E-state index contributed by atoms with van der Waals surface area (Å²) in [6.07, 6.45) is 0. The molecule has 0 radical (unpaired) electrons. The van der Waals surface area contributed by atoms with E-state index < -0.39 is 6.61 Å². The molecule has 2 N–H and O–H groups in total. The molecule has 1 atom stereocenters.